The predicted molar refractivity (Wildman–Crippen MR) is 106 cm³/mol. The highest BCUT2D eigenvalue weighted by Crippen LogP contribution is 2.26. The molecule has 1 amide bonds. The smallest absolute Gasteiger partial charge is 0.336 e. The van der Waals surface area contributed by atoms with Crippen molar-refractivity contribution in [1.82, 2.24) is 14.8 Å². The standard InChI is InChI=1S/C21H24N4O2/c1-5-27-21-23-19(18-9-7-6-8-15(18)4)25(24-21)17-12-10-16(11-13-17)22-20(26)14(2)3/h6-14H,5H2,1-4H3,(H,22,26). The molecule has 0 aliphatic carbocycles. The molecule has 140 valence electrons. The summed E-state index contributed by atoms with van der Waals surface area (Å²) in [6.07, 6.45) is 0. The molecule has 1 aromatic heterocycles. The van der Waals surface area contributed by atoms with Crippen molar-refractivity contribution in [3.05, 3.63) is 54.1 Å². The molecule has 6 heteroatoms. The Hall–Kier alpha value is -3.15. The monoisotopic (exact) mass is 364 g/mol. The number of hydrogen-bond acceptors (Lipinski definition) is 4. The molecule has 0 aliphatic rings. The summed E-state index contributed by atoms with van der Waals surface area (Å²) in [5.74, 6) is 0.639. The molecule has 0 spiro atoms. The second kappa shape index (κ2) is 8.03. The largest absolute Gasteiger partial charge is 0.463 e. The molecule has 0 fully saturated rings. The minimum Gasteiger partial charge on any atom is -0.463 e. The molecule has 6 nitrogen and oxygen atoms in total. The molecule has 0 radical (unpaired) electrons. The highest BCUT2D eigenvalue weighted by molar-refractivity contribution is 5.92. The fourth-order valence-electron chi connectivity index (χ4n) is 2.63. The van der Waals surface area contributed by atoms with Crippen molar-refractivity contribution >= 4 is 11.6 Å². The number of hydrogen-bond donors (Lipinski definition) is 1. The van der Waals surface area contributed by atoms with Gasteiger partial charge in [0.15, 0.2) is 5.82 Å². The fraction of sp³-hybridized carbons (Fsp3) is 0.286. The Labute approximate surface area is 159 Å². The van der Waals surface area contributed by atoms with Gasteiger partial charge in [0.05, 0.1) is 12.3 Å². The van der Waals surface area contributed by atoms with Crippen LogP contribution in [0.3, 0.4) is 0 Å². The van der Waals surface area contributed by atoms with E-state index in [2.05, 4.69) is 15.4 Å². The van der Waals surface area contributed by atoms with Crippen molar-refractivity contribution in [2.45, 2.75) is 27.7 Å². The van der Waals surface area contributed by atoms with Gasteiger partial charge < -0.3 is 10.1 Å². The van der Waals surface area contributed by atoms with E-state index in [0.29, 0.717) is 12.6 Å². The van der Waals surface area contributed by atoms with Gasteiger partial charge in [0.1, 0.15) is 0 Å². The Morgan fingerprint density at radius 3 is 2.48 bits per heavy atom. The Balaban J connectivity index is 1.98. The number of amides is 1. The molecule has 0 atom stereocenters. The average molecular weight is 364 g/mol. The number of carbonyl (C=O) groups excluding carboxylic acids is 1. The summed E-state index contributed by atoms with van der Waals surface area (Å²) in [6.45, 7) is 8.17. The second-order valence-corrected chi connectivity index (χ2v) is 6.57. The van der Waals surface area contributed by atoms with Crippen LogP contribution in [0, 0.1) is 12.8 Å². The van der Waals surface area contributed by atoms with Crippen molar-refractivity contribution < 1.29 is 9.53 Å². The summed E-state index contributed by atoms with van der Waals surface area (Å²) in [4.78, 5) is 16.4. The van der Waals surface area contributed by atoms with Gasteiger partial charge in [0.25, 0.3) is 0 Å². The van der Waals surface area contributed by atoms with Crippen LogP contribution >= 0.6 is 0 Å². The number of aryl methyl sites for hydroxylation is 1. The lowest BCUT2D eigenvalue weighted by Gasteiger charge is -2.10. The number of ether oxygens (including phenoxy) is 1. The van der Waals surface area contributed by atoms with Crippen LogP contribution in [0.4, 0.5) is 5.69 Å². The Bertz CT molecular complexity index is 930. The summed E-state index contributed by atoms with van der Waals surface area (Å²) < 4.78 is 7.28. The Morgan fingerprint density at radius 2 is 1.85 bits per heavy atom. The molecule has 1 heterocycles. The van der Waals surface area contributed by atoms with Gasteiger partial charge in [-0.25, -0.2) is 4.68 Å². The second-order valence-electron chi connectivity index (χ2n) is 6.57. The Kier molecular flexibility index (Phi) is 5.54. The third-order valence-corrected chi connectivity index (χ3v) is 4.15. The van der Waals surface area contributed by atoms with E-state index in [1.54, 1.807) is 4.68 Å². The molecule has 0 unspecified atom stereocenters. The summed E-state index contributed by atoms with van der Waals surface area (Å²) in [5.41, 5.74) is 3.69. The van der Waals surface area contributed by atoms with E-state index in [-0.39, 0.29) is 11.8 Å². The molecule has 0 aliphatic heterocycles. The third-order valence-electron chi connectivity index (χ3n) is 4.15. The average Bonchev–Trinajstić information content (AvgIpc) is 3.06. The normalized spacial score (nSPS) is 10.9. The lowest BCUT2D eigenvalue weighted by Crippen LogP contribution is -2.17. The molecular weight excluding hydrogens is 340 g/mol. The van der Waals surface area contributed by atoms with Gasteiger partial charge in [-0.2, -0.15) is 4.98 Å². The van der Waals surface area contributed by atoms with Crippen molar-refractivity contribution in [2.24, 2.45) is 5.92 Å². The van der Waals surface area contributed by atoms with Gasteiger partial charge in [-0.15, -0.1) is 5.10 Å². The SMILES string of the molecule is CCOc1nc(-c2ccccc2C)n(-c2ccc(NC(=O)C(C)C)cc2)n1. The maximum atomic E-state index is 11.9. The maximum Gasteiger partial charge on any atom is 0.336 e. The van der Waals surface area contributed by atoms with Crippen molar-refractivity contribution in [3.8, 4) is 23.1 Å². The molecule has 3 aromatic rings. The van der Waals surface area contributed by atoms with Crippen molar-refractivity contribution in [3.63, 3.8) is 0 Å². The van der Waals surface area contributed by atoms with E-state index in [4.69, 9.17) is 4.74 Å². The van der Waals surface area contributed by atoms with Crippen LogP contribution in [0.1, 0.15) is 26.3 Å². The lowest BCUT2D eigenvalue weighted by molar-refractivity contribution is -0.118. The van der Waals surface area contributed by atoms with E-state index < -0.39 is 0 Å². The number of anilines is 1. The minimum atomic E-state index is -0.0681. The first-order chi connectivity index (χ1) is 13.0. The zero-order valence-electron chi connectivity index (χ0n) is 16.1. The van der Waals surface area contributed by atoms with Crippen molar-refractivity contribution in [1.29, 1.82) is 0 Å². The van der Waals surface area contributed by atoms with Gasteiger partial charge in [0.2, 0.25) is 5.91 Å². The molecule has 1 N–H and O–H groups in total. The van der Waals surface area contributed by atoms with E-state index in [1.165, 1.54) is 0 Å². The summed E-state index contributed by atoms with van der Waals surface area (Å²) in [5, 5.41) is 7.39. The van der Waals surface area contributed by atoms with Crippen LogP contribution in [0.5, 0.6) is 6.01 Å². The van der Waals surface area contributed by atoms with Crippen LogP contribution in [0.2, 0.25) is 0 Å². The van der Waals surface area contributed by atoms with E-state index in [9.17, 15) is 4.79 Å². The van der Waals surface area contributed by atoms with Gasteiger partial charge >= 0.3 is 6.01 Å². The van der Waals surface area contributed by atoms with Gasteiger partial charge in [-0.1, -0.05) is 38.1 Å². The number of nitrogens with one attached hydrogen (secondary N) is 1. The molecule has 27 heavy (non-hydrogen) atoms. The quantitative estimate of drug-likeness (QED) is 0.710. The van der Waals surface area contributed by atoms with E-state index in [0.717, 1.165) is 28.3 Å². The number of benzene rings is 2. The molecule has 0 saturated carbocycles. The number of rotatable bonds is 6. The number of carbonyl (C=O) groups is 1. The first-order valence-corrected chi connectivity index (χ1v) is 9.06. The van der Waals surface area contributed by atoms with Gasteiger partial charge in [-0.3, -0.25) is 4.79 Å². The predicted octanol–water partition coefficient (Wildman–Crippen LogP) is 4.24. The third kappa shape index (κ3) is 4.16. The molecule has 0 saturated heterocycles. The first-order valence-electron chi connectivity index (χ1n) is 9.06. The van der Waals surface area contributed by atoms with E-state index in [1.807, 2.05) is 76.2 Å². The van der Waals surface area contributed by atoms with Crippen LogP contribution in [-0.2, 0) is 4.79 Å². The van der Waals surface area contributed by atoms with Gasteiger partial charge in [0, 0.05) is 17.2 Å². The summed E-state index contributed by atoms with van der Waals surface area (Å²) in [7, 11) is 0. The topological polar surface area (TPSA) is 69.0 Å². The molecule has 3 rings (SSSR count). The van der Waals surface area contributed by atoms with Crippen LogP contribution in [0.25, 0.3) is 17.1 Å². The van der Waals surface area contributed by atoms with Gasteiger partial charge in [-0.05, 0) is 43.7 Å². The number of aromatic nitrogens is 3. The lowest BCUT2D eigenvalue weighted by atomic mass is 10.1. The van der Waals surface area contributed by atoms with Crippen LogP contribution in [0.15, 0.2) is 48.5 Å². The number of nitrogens with zero attached hydrogens (tertiary/aromatic N) is 3. The van der Waals surface area contributed by atoms with Crippen LogP contribution < -0.4 is 10.1 Å². The molecule has 0 bridgehead atoms. The summed E-state index contributed by atoms with van der Waals surface area (Å²) in [6, 6.07) is 15.9. The van der Waals surface area contributed by atoms with E-state index >= 15 is 0 Å². The summed E-state index contributed by atoms with van der Waals surface area (Å²) >= 11 is 0. The zero-order chi connectivity index (χ0) is 19.4. The highest BCUT2D eigenvalue weighted by Gasteiger charge is 2.16. The first kappa shape index (κ1) is 18.6. The van der Waals surface area contributed by atoms with Crippen molar-refractivity contribution in [2.75, 3.05) is 11.9 Å². The molecular formula is C21H24N4O2. The van der Waals surface area contributed by atoms with Crippen LogP contribution in [-0.4, -0.2) is 27.3 Å². The maximum absolute atomic E-state index is 11.9. The zero-order valence-corrected chi connectivity index (χ0v) is 16.1. The Morgan fingerprint density at radius 1 is 1.15 bits per heavy atom. The highest BCUT2D eigenvalue weighted by atomic mass is 16.5. The minimum absolute atomic E-state index is 0.0114. The fourth-order valence-corrected chi connectivity index (χ4v) is 2.63. The molecule has 2 aromatic carbocycles.